The summed E-state index contributed by atoms with van der Waals surface area (Å²) < 4.78 is 13.1. The number of anilines is 1. The fourth-order valence-corrected chi connectivity index (χ4v) is 4.65. The highest BCUT2D eigenvalue weighted by molar-refractivity contribution is 8.00. The van der Waals surface area contributed by atoms with Crippen LogP contribution in [0.2, 0.25) is 0 Å². The number of aromatic nitrogens is 1. The van der Waals surface area contributed by atoms with Crippen molar-refractivity contribution in [3.63, 3.8) is 0 Å². The zero-order valence-corrected chi connectivity index (χ0v) is 17.8. The summed E-state index contributed by atoms with van der Waals surface area (Å²) in [6, 6.07) is 6.84. The van der Waals surface area contributed by atoms with Crippen molar-refractivity contribution in [2.24, 2.45) is 0 Å². The molecule has 1 aromatic heterocycles. The Labute approximate surface area is 179 Å². The molecule has 8 heteroatoms. The van der Waals surface area contributed by atoms with Gasteiger partial charge in [-0.1, -0.05) is 0 Å². The third-order valence-corrected chi connectivity index (χ3v) is 6.54. The number of hydrogen-bond donors (Lipinski definition) is 1. The Morgan fingerprint density at radius 3 is 2.90 bits per heavy atom. The van der Waals surface area contributed by atoms with Crippen molar-refractivity contribution in [3.8, 4) is 0 Å². The molecule has 3 heterocycles. The predicted molar refractivity (Wildman–Crippen MR) is 113 cm³/mol. The number of hydrogen-bond acceptors (Lipinski definition) is 6. The molecule has 1 saturated heterocycles. The number of nitrogens with zero attached hydrogens (tertiary/aromatic N) is 1. The minimum absolute atomic E-state index is 0.105. The minimum atomic E-state index is -0.593. The monoisotopic (exact) mass is 428 g/mol. The second-order valence-electron chi connectivity index (χ2n) is 7.58. The highest BCUT2D eigenvalue weighted by Gasteiger charge is 2.22. The van der Waals surface area contributed by atoms with Crippen LogP contribution < -0.4 is 5.32 Å². The third kappa shape index (κ3) is 4.29. The summed E-state index contributed by atoms with van der Waals surface area (Å²) in [6.45, 7) is 5.05. The molecule has 158 valence electrons. The molecule has 1 aromatic carbocycles. The first-order valence-electron chi connectivity index (χ1n) is 9.97. The molecular weight excluding hydrogens is 404 g/mol. The lowest BCUT2D eigenvalue weighted by atomic mass is 10.1. The van der Waals surface area contributed by atoms with Crippen molar-refractivity contribution in [1.82, 2.24) is 4.57 Å². The SMILES string of the molecule is Cc1cc(C(=O)COC(=O)c2ccc3c(c2)NC(=O)CS3)c(C)n1C[C@H]1CCCO1. The second-order valence-corrected chi connectivity index (χ2v) is 8.59. The largest absolute Gasteiger partial charge is 0.454 e. The van der Waals surface area contributed by atoms with E-state index in [1.54, 1.807) is 18.2 Å². The summed E-state index contributed by atoms with van der Waals surface area (Å²) in [5.74, 6) is -0.580. The second kappa shape index (κ2) is 8.65. The first-order chi connectivity index (χ1) is 14.4. The Bertz CT molecular complexity index is 1010. The van der Waals surface area contributed by atoms with Gasteiger partial charge in [-0.15, -0.1) is 11.8 Å². The van der Waals surface area contributed by atoms with Crippen LogP contribution in [0.15, 0.2) is 29.2 Å². The van der Waals surface area contributed by atoms with Crippen LogP contribution in [0.1, 0.15) is 44.9 Å². The van der Waals surface area contributed by atoms with Gasteiger partial charge >= 0.3 is 5.97 Å². The summed E-state index contributed by atoms with van der Waals surface area (Å²) in [7, 11) is 0. The van der Waals surface area contributed by atoms with Crippen molar-refractivity contribution in [1.29, 1.82) is 0 Å². The lowest BCUT2D eigenvalue weighted by molar-refractivity contribution is -0.113. The van der Waals surface area contributed by atoms with E-state index in [9.17, 15) is 14.4 Å². The topological polar surface area (TPSA) is 86.6 Å². The quantitative estimate of drug-likeness (QED) is 0.561. The van der Waals surface area contributed by atoms with Crippen molar-refractivity contribution in [2.75, 3.05) is 24.3 Å². The maximum atomic E-state index is 12.7. The van der Waals surface area contributed by atoms with Gasteiger partial charge in [-0.2, -0.15) is 0 Å². The molecule has 0 spiro atoms. The van der Waals surface area contributed by atoms with Crippen LogP contribution in [0.4, 0.5) is 5.69 Å². The van der Waals surface area contributed by atoms with E-state index >= 15 is 0 Å². The van der Waals surface area contributed by atoms with Gasteiger partial charge in [-0.05, 0) is 51.0 Å². The fraction of sp³-hybridized carbons (Fsp3) is 0.409. The standard InChI is InChI=1S/C22H24N2O5S/c1-13-8-17(14(2)24(13)10-16-4-3-7-28-16)19(25)11-29-22(27)15-5-6-20-18(9-15)23-21(26)12-30-20/h5-6,8-9,16H,3-4,7,10-12H2,1-2H3,(H,23,26)/t16-/m1/s1. The summed E-state index contributed by atoms with van der Waals surface area (Å²) in [5.41, 5.74) is 3.30. The molecule has 1 N–H and O–H groups in total. The molecule has 0 aliphatic carbocycles. The Morgan fingerprint density at radius 2 is 2.13 bits per heavy atom. The van der Waals surface area contributed by atoms with Gasteiger partial charge in [0, 0.05) is 35.0 Å². The molecule has 30 heavy (non-hydrogen) atoms. The van der Waals surface area contributed by atoms with Gasteiger partial charge in [0.25, 0.3) is 0 Å². The number of nitrogens with one attached hydrogen (secondary N) is 1. The Balaban J connectivity index is 1.40. The fourth-order valence-electron chi connectivity index (χ4n) is 3.86. The summed E-state index contributed by atoms with van der Waals surface area (Å²) in [6.07, 6.45) is 2.27. The van der Waals surface area contributed by atoms with Gasteiger partial charge < -0.3 is 19.4 Å². The lowest BCUT2D eigenvalue weighted by Gasteiger charge is -2.16. The maximum Gasteiger partial charge on any atom is 0.338 e. The van der Waals surface area contributed by atoms with E-state index in [-0.39, 0.29) is 24.4 Å². The van der Waals surface area contributed by atoms with Gasteiger partial charge in [0.05, 0.1) is 23.1 Å². The number of rotatable bonds is 6. The molecule has 4 rings (SSSR count). The first kappa shape index (κ1) is 20.7. The van der Waals surface area contributed by atoms with Crippen molar-refractivity contribution < 1.29 is 23.9 Å². The number of thioether (sulfide) groups is 1. The van der Waals surface area contributed by atoms with E-state index in [0.717, 1.165) is 42.3 Å². The van der Waals surface area contributed by atoms with E-state index < -0.39 is 5.97 Å². The van der Waals surface area contributed by atoms with Crippen LogP contribution in [-0.2, 0) is 20.8 Å². The Morgan fingerprint density at radius 1 is 1.30 bits per heavy atom. The molecule has 7 nitrogen and oxygen atoms in total. The van der Waals surface area contributed by atoms with Crippen LogP contribution in [0.3, 0.4) is 0 Å². The zero-order chi connectivity index (χ0) is 21.3. The van der Waals surface area contributed by atoms with Gasteiger partial charge in [0.1, 0.15) is 0 Å². The van der Waals surface area contributed by atoms with E-state index in [4.69, 9.17) is 9.47 Å². The maximum absolute atomic E-state index is 12.7. The van der Waals surface area contributed by atoms with Crippen molar-refractivity contribution >= 4 is 35.1 Å². The number of Topliss-reactive ketones (excluding diaryl/α,β-unsaturated/α-hetero) is 1. The first-order valence-corrected chi connectivity index (χ1v) is 11.0. The summed E-state index contributed by atoms with van der Waals surface area (Å²) in [5, 5.41) is 2.74. The summed E-state index contributed by atoms with van der Waals surface area (Å²) >= 11 is 1.42. The van der Waals surface area contributed by atoms with Gasteiger partial charge in [0.2, 0.25) is 11.7 Å². The number of carbonyl (C=O) groups is 3. The molecule has 0 radical (unpaired) electrons. The number of fused-ring (bicyclic) bond motifs is 1. The minimum Gasteiger partial charge on any atom is -0.454 e. The van der Waals surface area contributed by atoms with Crippen molar-refractivity contribution in [2.45, 2.75) is 44.2 Å². The van der Waals surface area contributed by atoms with E-state index in [1.165, 1.54) is 11.8 Å². The van der Waals surface area contributed by atoms with Crippen LogP contribution in [0.25, 0.3) is 0 Å². The molecule has 1 amide bonds. The Hall–Kier alpha value is -2.58. The zero-order valence-electron chi connectivity index (χ0n) is 17.0. The van der Waals surface area contributed by atoms with Crippen LogP contribution >= 0.6 is 11.8 Å². The Kier molecular flexibility index (Phi) is 5.97. The smallest absolute Gasteiger partial charge is 0.338 e. The molecular formula is C22H24N2O5S. The van der Waals surface area contributed by atoms with E-state index in [0.29, 0.717) is 22.6 Å². The normalized spacial score (nSPS) is 18.1. The van der Waals surface area contributed by atoms with Crippen molar-refractivity contribution in [3.05, 3.63) is 46.8 Å². The number of aryl methyl sites for hydroxylation is 1. The third-order valence-electron chi connectivity index (χ3n) is 5.47. The predicted octanol–water partition coefficient (Wildman–Crippen LogP) is 3.37. The lowest BCUT2D eigenvalue weighted by Crippen LogP contribution is -2.20. The van der Waals surface area contributed by atoms with E-state index in [1.807, 2.05) is 19.9 Å². The molecule has 0 unspecified atom stereocenters. The molecule has 2 aliphatic rings. The molecule has 0 saturated carbocycles. The van der Waals surface area contributed by atoms with E-state index in [2.05, 4.69) is 9.88 Å². The molecule has 0 bridgehead atoms. The molecule has 2 aliphatic heterocycles. The van der Waals surface area contributed by atoms with Gasteiger partial charge in [-0.3, -0.25) is 9.59 Å². The number of ether oxygens (including phenoxy) is 2. The number of amides is 1. The van der Waals surface area contributed by atoms with Gasteiger partial charge in [-0.25, -0.2) is 4.79 Å². The number of ketones is 1. The van der Waals surface area contributed by atoms with Crippen LogP contribution in [0.5, 0.6) is 0 Å². The highest BCUT2D eigenvalue weighted by Crippen LogP contribution is 2.32. The highest BCUT2D eigenvalue weighted by atomic mass is 32.2. The molecule has 1 fully saturated rings. The van der Waals surface area contributed by atoms with Crippen LogP contribution in [-0.4, -0.2) is 47.3 Å². The number of esters is 1. The summed E-state index contributed by atoms with van der Waals surface area (Å²) in [4.78, 5) is 37.6. The number of benzene rings is 1. The molecule has 1 atom stereocenters. The average Bonchev–Trinajstić information content (AvgIpc) is 3.35. The van der Waals surface area contributed by atoms with Crippen LogP contribution in [0, 0.1) is 13.8 Å². The molecule has 2 aromatic rings. The average molecular weight is 429 g/mol. The number of carbonyl (C=O) groups excluding carboxylic acids is 3. The van der Waals surface area contributed by atoms with Gasteiger partial charge in [0.15, 0.2) is 6.61 Å².